The van der Waals surface area contributed by atoms with Gasteiger partial charge in [-0.25, -0.2) is 0 Å². The SMILES string of the molecule is CNCC1CN(C2CCCC2)CC(C)(C)CN1C. The molecule has 0 aromatic rings. The molecule has 0 aromatic heterocycles. The number of nitrogens with zero attached hydrogens (tertiary/aromatic N) is 2. The minimum Gasteiger partial charge on any atom is -0.318 e. The standard InChI is InChI=1S/C15H31N3/c1-15(2)11-17(4)14(9-16-3)10-18(12-15)13-7-5-6-8-13/h13-14,16H,5-12H2,1-4H3. The van der Waals surface area contributed by atoms with Crippen LogP contribution in [0.3, 0.4) is 0 Å². The number of hydrogen-bond acceptors (Lipinski definition) is 3. The van der Waals surface area contributed by atoms with Gasteiger partial charge in [0.15, 0.2) is 0 Å². The van der Waals surface area contributed by atoms with Gasteiger partial charge < -0.3 is 10.2 Å². The molecule has 0 spiro atoms. The van der Waals surface area contributed by atoms with Gasteiger partial charge >= 0.3 is 0 Å². The average molecular weight is 253 g/mol. The van der Waals surface area contributed by atoms with Crippen LogP contribution in [0.4, 0.5) is 0 Å². The summed E-state index contributed by atoms with van der Waals surface area (Å²) in [5.74, 6) is 0. The molecular formula is C15H31N3. The average Bonchev–Trinajstić information content (AvgIpc) is 2.76. The summed E-state index contributed by atoms with van der Waals surface area (Å²) in [6.07, 6.45) is 5.72. The van der Waals surface area contributed by atoms with E-state index in [0.29, 0.717) is 11.5 Å². The molecular weight excluding hydrogens is 222 g/mol. The van der Waals surface area contributed by atoms with Gasteiger partial charge in [0.05, 0.1) is 0 Å². The summed E-state index contributed by atoms with van der Waals surface area (Å²) in [5, 5.41) is 3.37. The Kier molecular flexibility index (Phi) is 4.68. The van der Waals surface area contributed by atoms with Crippen molar-refractivity contribution in [3.63, 3.8) is 0 Å². The lowest BCUT2D eigenvalue weighted by molar-refractivity contribution is 0.147. The van der Waals surface area contributed by atoms with E-state index in [4.69, 9.17) is 0 Å². The fourth-order valence-corrected chi connectivity index (χ4v) is 3.88. The first kappa shape index (κ1) is 14.3. The zero-order chi connectivity index (χ0) is 13.2. The van der Waals surface area contributed by atoms with E-state index in [2.05, 4.69) is 43.1 Å². The summed E-state index contributed by atoms with van der Waals surface area (Å²) in [7, 11) is 4.37. The lowest BCUT2D eigenvalue weighted by Crippen LogP contribution is -2.46. The zero-order valence-corrected chi connectivity index (χ0v) is 12.7. The maximum Gasteiger partial charge on any atom is 0.0345 e. The Hall–Kier alpha value is -0.120. The topological polar surface area (TPSA) is 18.5 Å². The third kappa shape index (κ3) is 3.46. The van der Waals surface area contributed by atoms with Crippen molar-refractivity contribution in [1.29, 1.82) is 0 Å². The summed E-state index contributed by atoms with van der Waals surface area (Å²) in [5.41, 5.74) is 0.416. The summed E-state index contributed by atoms with van der Waals surface area (Å²) in [4.78, 5) is 5.35. The maximum atomic E-state index is 3.37. The lowest BCUT2D eigenvalue weighted by atomic mass is 9.92. The number of nitrogens with one attached hydrogen (secondary N) is 1. The molecule has 1 unspecified atom stereocenters. The van der Waals surface area contributed by atoms with Crippen LogP contribution in [0.2, 0.25) is 0 Å². The number of likely N-dealkylation sites (N-methyl/N-ethyl adjacent to an activating group) is 2. The van der Waals surface area contributed by atoms with E-state index in [1.54, 1.807) is 0 Å². The highest BCUT2D eigenvalue weighted by molar-refractivity contribution is 4.91. The fourth-order valence-electron chi connectivity index (χ4n) is 3.88. The summed E-state index contributed by atoms with van der Waals surface area (Å²) in [6, 6.07) is 1.52. The highest BCUT2D eigenvalue weighted by Crippen LogP contribution is 2.30. The monoisotopic (exact) mass is 253 g/mol. The van der Waals surface area contributed by atoms with E-state index in [1.165, 1.54) is 45.3 Å². The summed E-state index contributed by atoms with van der Waals surface area (Å²) in [6.45, 7) is 9.67. The van der Waals surface area contributed by atoms with Crippen LogP contribution in [0.25, 0.3) is 0 Å². The molecule has 1 saturated carbocycles. The molecule has 18 heavy (non-hydrogen) atoms. The van der Waals surface area contributed by atoms with Gasteiger partial charge in [0.2, 0.25) is 0 Å². The molecule has 1 atom stereocenters. The maximum absolute atomic E-state index is 3.37. The molecule has 0 amide bonds. The van der Waals surface area contributed by atoms with Crippen LogP contribution in [0, 0.1) is 5.41 Å². The van der Waals surface area contributed by atoms with Crippen molar-refractivity contribution < 1.29 is 0 Å². The van der Waals surface area contributed by atoms with Crippen LogP contribution in [-0.2, 0) is 0 Å². The molecule has 2 fully saturated rings. The molecule has 1 heterocycles. The number of hydrogen-bond donors (Lipinski definition) is 1. The largest absolute Gasteiger partial charge is 0.318 e. The quantitative estimate of drug-likeness (QED) is 0.827. The molecule has 1 saturated heterocycles. The molecule has 3 nitrogen and oxygen atoms in total. The Labute approximate surface area is 113 Å². The van der Waals surface area contributed by atoms with E-state index < -0.39 is 0 Å². The smallest absolute Gasteiger partial charge is 0.0345 e. The van der Waals surface area contributed by atoms with Gasteiger partial charge in [-0.15, -0.1) is 0 Å². The molecule has 0 bridgehead atoms. The first-order valence-electron chi connectivity index (χ1n) is 7.61. The minimum atomic E-state index is 0.416. The fraction of sp³-hybridized carbons (Fsp3) is 1.00. The Morgan fingerprint density at radius 2 is 1.83 bits per heavy atom. The van der Waals surface area contributed by atoms with Crippen LogP contribution in [-0.4, -0.2) is 62.2 Å². The van der Waals surface area contributed by atoms with Crippen molar-refractivity contribution in [2.45, 2.75) is 51.6 Å². The van der Waals surface area contributed by atoms with E-state index in [0.717, 1.165) is 12.6 Å². The summed E-state index contributed by atoms with van der Waals surface area (Å²) < 4.78 is 0. The number of rotatable bonds is 3. The zero-order valence-electron chi connectivity index (χ0n) is 12.7. The minimum absolute atomic E-state index is 0.416. The molecule has 1 aliphatic heterocycles. The Morgan fingerprint density at radius 1 is 1.17 bits per heavy atom. The molecule has 0 aromatic carbocycles. The predicted octanol–water partition coefficient (Wildman–Crippen LogP) is 1.79. The van der Waals surface area contributed by atoms with Gasteiger partial charge in [0, 0.05) is 38.3 Å². The van der Waals surface area contributed by atoms with Gasteiger partial charge in [-0.2, -0.15) is 0 Å². The third-order valence-electron chi connectivity index (χ3n) is 4.66. The third-order valence-corrected chi connectivity index (χ3v) is 4.66. The Balaban J connectivity index is 2.07. The highest BCUT2D eigenvalue weighted by atomic mass is 15.3. The molecule has 1 aliphatic carbocycles. The first-order valence-corrected chi connectivity index (χ1v) is 7.61. The first-order chi connectivity index (χ1) is 8.52. The van der Waals surface area contributed by atoms with E-state index in [1.807, 2.05) is 0 Å². The summed E-state index contributed by atoms with van der Waals surface area (Å²) >= 11 is 0. The van der Waals surface area contributed by atoms with E-state index >= 15 is 0 Å². The van der Waals surface area contributed by atoms with Crippen LogP contribution >= 0.6 is 0 Å². The Morgan fingerprint density at radius 3 is 2.44 bits per heavy atom. The van der Waals surface area contributed by atoms with Crippen LogP contribution in [0.15, 0.2) is 0 Å². The molecule has 2 aliphatic rings. The molecule has 0 radical (unpaired) electrons. The van der Waals surface area contributed by atoms with Crippen LogP contribution in [0.1, 0.15) is 39.5 Å². The van der Waals surface area contributed by atoms with E-state index in [-0.39, 0.29) is 0 Å². The lowest BCUT2D eigenvalue weighted by Gasteiger charge is -2.33. The van der Waals surface area contributed by atoms with Crippen molar-refractivity contribution in [3.05, 3.63) is 0 Å². The van der Waals surface area contributed by atoms with Crippen molar-refractivity contribution >= 4 is 0 Å². The van der Waals surface area contributed by atoms with Crippen molar-refractivity contribution in [1.82, 2.24) is 15.1 Å². The van der Waals surface area contributed by atoms with Crippen LogP contribution in [0.5, 0.6) is 0 Å². The molecule has 2 rings (SSSR count). The second kappa shape index (κ2) is 5.89. The van der Waals surface area contributed by atoms with Gasteiger partial charge in [0.25, 0.3) is 0 Å². The molecule has 106 valence electrons. The second-order valence-corrected chi connectivity index (χ2v) is 7.16. The van der Waals surface area contributed by atoms with Gasteiger partial charge in [-0.3, -0.25) is 4.90 Å². The van der Waals surface area contributed by atoms with Crippen molar-refractivity contribution in [2.75, 3.05) is 40.3 Å². The normalized spacial score (nSPS) is 31.7. The van der Waals surface area contributed by atoms with Gasteiger partial charge in [-0.1, -0.05) is 26.7 Å². The van der Waals surface area contributed by atoms with Gasteiger partial charge in [0.1, 0.15) is 0 Å². The molecule has 3 heteroatoms. The highest BCUT2D eigenvalue weighted by Gasteiger charge is 2.35. The van der Waals surface area contributed by atoms with E-state index in [9.17, 15) is 0 Å². The Bertz CT molecular complexity index is 258. The van der Waals surface area contributed by atoms with Crippen molar-refractivity contribution in [2.24, 2.45) is 5.41 Å². The van der Waals surface area contributed by atoms with Gasteiger partial charge in [-0.05, 0) is 32.4 Å². The molecule has 1 N–H and O–H groups in total. The second-order valence-electron chi connectivity index (χ2n) is 7.16. The van der Waals surface area contributed by atoms with Crippen molar-refractivity contribution in [3.8, 4) is 0 Å². The van der Waals surface area contributed by atoms with Crippen LogP contribution < -0.4 is 5.32 Å². The predicted molar refractivity (Wildman–Crippen MR) is 78.0 cm³/mol.